The molecule has 0 spiro atoms. The van der Waals surface area contributed by atoms with Gasteiger partial charge >= 0.3 is 0 Å². The van der Waals surface area contributed by atoms with E-state index in [9.17, 15) is 0 Å². The van der Waals surface area contributed by atoms with Crippen molar-refractivity contribution in [3.8, 4) is 0 Å². The Hall–Kier alpha value is -1.32. The number of aryl methyl sites for hydroxylation is 1. The van der Waals surface area contributed by atoms with Crippen molar-refractivity contribution in [3.05, 3.63) is 51.8 Å². The van der Waals surface area contributed by atoms with Crippen LogP contribution in [0.5, 0.6) is 0 Å². The van der Waals surface area contributed by atoms with Crippen molar-refractivity contribution >= 4 is 11.6 Å². The molecule has 1 atom stereocenters. The van der Waals surface area contributed by atoms with Crippen LogP contribution in [0.15, 0.2) is 24.3 Å². The van der Waals surface area contributed by atoms with Crippen LogP contribution in [-0.2, 0) is 13.0 Å². The highest BCUT2D eigenvalue weighted by Crippen LogP contribution is 2.18. The molecule has 0 saturated carbocycles. The summed E-state index contributed by atoms with van der Waals surface area (Å²) in [7, 11) is 0. The van der Waals surface area contributed by atoms with Crippen LogP contribution in [-0.4, -0.2) is 15.8 Å². The standard InChI is InChI=1S/C16H22ClN3/c1-4-15(18)9-16-11(2)19-20(12(16)3)10-13-5-7-14(17)8-6-13/h5-8,15H,4,9-10,18H2,1-3H3. The Labute approximate surface area is 125 Å². The molecular weight excluding hydrogens is 270 g/mol. The molecule has 108 valence electrons. The van der Waals surface area contributed by atoms with Crippen LogP contribution < -0.4 is 5.73 Å². The van der Waals surface area contributed by atoms with Gasteiger partial charge in [-0.3, -0.25) is 4.68 Å². The predicted octanol–water partition coefficient (Wildman–Crippen LogP) is 3.48. The van der Waals surface area contributed by atoms with E-state index in [2.05, 4.69) is 30.6 Å². The number of halogens is 1. The predicted molar refractivity (Wildman–Crippen MR) is 84.2 cm³/mol. The highest BCUT2D eigenvalue weighted by Gasteiger charge is 2.14. The third kappa shape index (κ3) is 3.41. The van der Waals surface area contributed by atoms with Gasteiger partial charge in [0.15, 0.2) is 0 Å². The smallest absolute Gasteiger partial charge is 0.0662 e. The monoisotopic (exact) mass is 291 g/mol. The highest BCUT2D eigenvalue weighted by atomic mass is 35.5. The largest absolute Gasteiger partial charge is 0.327 e. The van der Waals surface area contributed by atoms with Gasteiger partial charge in [-0.15, -0.1) is 0 Å². The number of benzene rings is 1. The zero-order valence-corrected chi connectivity index (χ0v) is 13.1. The molecule has 4 heteroatoms. The van der Waals surface area contributed by atoms with Gasteiger partial charge in [-0.25, -0.2) is 0 Å². The number of hydrogen-bond donors (Lipinski definition) is 1. The first-order chi connectivity index (χ1) is 9.51. The van der Waals surface area contributed by atoms with E-state index in [0.29, 0.717) is 0 Å². The lowest BCUT2D eigenvalue weighted by molar-refractivity contribution is 0.636. The molecule has 3 nitrogen and oxygen atoms in total. The van der Waals surface area contributed by atoms with Crippen LogP contribution in [0, 0.1) is 13.8 Å². The molecule has 0 aliphatic carbocycles. The van der Waals surface area contributed by atoms with Crippen LogP contribution >= 0.6 is 11.6 Å². The Morgan fingerprint density at radius 2 is 1.90 bits per heavy atom. The maximum atomic E-state index is 6.07. The minimum atomic E-state index is 0.209. The van der Waals surface area contributed by atoms with Gasteiger partial charge < -0.3 is 5.73 Å². The van der Waals surface area contributed by atoms with E-state index in [4.69, 9.17) is 17.3 Å². The van der Waals surface area contributed by atoms with E-state index in [-0.39, 0.29) is 6.04 Å². The van der Waals surface area contributed by atoms with Crippen molar-refractivity contribution in [2.24, 2.45) is 5.73 Å². The van der Waals surface area contributed by atoms with Gasteiger partial charge in [0.05, 0.1) is 12.2 Å². The van der Waals surface area contributed by atoms with Crippen LogP contribution in [0.2, 0.25) is 5.02 Å². The lowest BCUT2D eigenvalue weighted by Gasteiger charge is -2.09. The zero-order chi connectivity index (χ0) is 14.7. The summed E-state index contributed by atoms with van der Waals surface area (Å²) in [6.45, 7) is 7.06. The summed E-state index contributed by atoms with van der Waals surface area (Å²) >= 11 is 5.91. The van der Waals surface area contributed by atoms with Crippen molar-refractivity contribution in [1.29, 1.82) is 0 Å². The fourth-order valence-electron chi connectivity index (χ4n) is 2.35. The van der Waals surface area contributed by atoms with Gasteiger partial charge in [0.2, 0.25) is 0 Å². The average Bonchev–Trinajstić information content (AvgIpc) is 2.69. The van der Waals surface area contributed by atoms with Crippen LogP contribution in [0.25, 0.3) is 0 Å². The van der Waals surface area contributed by atoms with Crippen molar-refractivity contribution in [2.45, 2.75) is 46.2 Å². The Kier molecular flexibility index (Phi) is 4.84. The van der Waals surface area contributed by atoms with E-state index >= 15 is 0 Å². The summed E-state index contributed by atoms with van der Waals surface area (Å²) in [5.74, 6) is 0. The summed E-state index contributed by atoms with van der Waals surface area (Å²) in [6.07, 6.45) is 1.88. The van der Waals surface area contributed by atoms with E-state index in [1.165, 1.54) is 16.8 Å². The second-order valence-electron chi connectivity index (χ2n) is 5.31. The second-order valence-corrected chi connectivity index (χ2v) is 5.74. The normalized spacial score (nSPS) is 12.7. The molecule has 0 aliphatic heterocycles. The first kappa shape index (κ1) is 15.1. The van der Waals surface area contributed by atoms with Gasteiger partial charge in [-0.05, 0) is 49.9 Å². The lowest BCUT2D eigenvalue weighted by Crippen LogP contribution is -2.22. The molecule has 2 N–H and O–H groups in total. The summed E-state index contributed by atoms with van der Waals surface area (Å²) in [5.41, 5.74) is 10.8. The maximum Gasteiger partial charge on any atom is 0.0662 e. The molecule has 1 unspecified atom stereocenters. The van der Waals surface area contributed by atoms with E-state index in [1.807, 2.05) is 24.3 Å². The minimum absolute atomic E-state index is 0.209. The van der Waals surface area contributed by atoms with Gasteiger partial charge in [-0.2, -0.15) is 5.10 Å². The highest BCUT2D eigenvalue weighted by molar-refractivity contribution is 6.30. The Balaban J connectivity index is 2.21. The van der Waals surface area contributed by atoms with Gasteiger partial charge in [0.25, 0.3) is 0 Å². The number of nitrogens with two attached hydrogens (primary N) is 1. The molecule has 0 saturated heterocycles. The van der Waals surface area contributed by atoms with Crippen LogP contribution in [0.4, 0.5) is 0 Å². The Bertz CT molecular complexity index is 572. The Morgan fingerprint density at radius 3 is 2.50 bits per heavy atom. The molecule has 1 heterocycles. The summed E-state index contributed by atoms with van der Waals surface area (Å²) < 4.78 is 2.05. The van der Waals surface area contributed by atoms with E-state index in [0.717, 1.165) is 30.1 Å². The van der Waals surface area contributed by atoms with Crippen molar-refractivity contribution in [3.63, 3.8) is 0 Å². The molecule has 2 aromatic rings. The average molecular weight is 292 g/mol. The zero-order valence-electron chi connectivity index (χ0n) is 12.4. The summed E-state index contributed by atoms with van der Waals surface area (Å²) in [4.78, 5) is 0. The van der Waals surface area contributed by atoms with Crippen molar-refractivity contribution in [1.82, 2.24) is 9.78 Å². The molecule has 0 fully saturated rings. The summed E-state index contributed by atoms with van der Waals surface area (Å²) in [5, 5.41) is 5.40. The molecule has 0 amide bonds. The van der Waals surface area contributed by atoms with Crippen molar-refractivity contribution in [2.75, 3.05) is 0 Å². The van der Waals surface area contributed by atoms with Crippen LogP contribution in [0.3, 0.4) is 0 Å². The van der Waals surface area contributed by atoms with Crippen molar-refractivity contribution < 1.29 is 0 Å². The number of hydrogen-bond acceptors (Lipinski definition) is 2. The van der Waals surface area contributed by atoms with E-state index < -0.39 is 0 Å². The quantitative estimate of drug-likeness (QED) is 0.916. The van der Waals surface area contributed by atoms with Gasteiger partial charge in [-0.1, -0.05) is 30.7 Å². The van der Waals surface area contributed by atoms with E-state index in [1.54, 1.807) is 0 Å². The molecule has 2 rings (SSSR count). The lowest BCUT2D eigenvalue weighted by atomic mass is 10.0. The molecule has 0 aliphatic rings. The molecule has 0 radical (unpaired) electrons. The fraction of sp³-hybridized carbons (Fsp3) is 0.438. The maximum absolute atomic E-state index is 6.07. The summed E-state index contributed by atoms with van der Waals surface area (Å²) in [6, 6.07) is 8.11. The molecule has 1 aromatic carbocycles. The Morgan fingerprint density at radius 1 is 1.25 bits per heavy atom. The van der Waals surface area contributed by atoms with Crippen LogP contribution in [0.1, 0.15) is 35.9 Å². The molecule has 20 heavy (non-hydrogen) atoms. The molecule has 1 aromatic heterocycles. The first-order valence-corrected chi connectivity index (χ1v) is 7.42. The molecule has 0 bridgehead atoms. The number of nitrogens with zero attached hydrogens (tertiary/aromatic N) is 2. The third-order valence-corrected chi connectivity index (χ3v) is 4.02. The number of aromatic nitrogens is 2. The topological polar surface area (TPSA) is 43.8 Å². The fourth-order valence-corrected chi connectivity index (χ4v) is 2.48. The van der Waals surface area contributed by atoms with Gasteiger partial charge in [0, 0.05) is 16.8 Å². The molecular formula is C16H22ClN3. The SMILES string of the molecule is CCC(N)Cc1c(C)nn(Cc2ccc(Cl)cc2)c1C. The first-order valence-electron chi connectivity index (χ1n) is 7.04. The second kappa shape index (κ2) is 6.42. The minimum Gasteiger partial charge on any atom is -0.327 e. The van der Waals surface area contributed by atoms with Gasteiger partial charge in [0.1, 0.15) is 0 Å². The number of rotatable bonds is 5. The third-order valence-electron chi connectivity index (χ3n) is 3.77.